The van der Waals surface area contributed by atoms with Gasteiger partial charge in [0.25, 0.3) is 0 Å². The van der Waals surface area contributed by atoms with Crippen LogP contribution in [0.4, 0.5) is 0 Å². The fourth-order valence-corrected chi connectivity index (χ4v) is 2.52. The summed E-state index contributed by atoms with van der Waals surface area (Å²) >= 11 is 0. The van der Waals surface area contributed by atoms with Crippen molar-refractivity contribution >= 4 is 5.97 Å². The van der Waals surface area contributed by atoms with E-state index in [1.54, 1.807) is 0 Å². The number of hydrogen-bond acceptors (Lipinski definition) is 4. The predicted octanol–water partition coefficient (Wildman–Crippen LogP) is 4.42. The number of esters is 1. The molecular weight excluding hydrogens is 328 g/mol. The van der Waals surface area contributed by atoms with Crippen molar-refractivity contribution in [3.05, 3.63) is 42.2 Å². The highest BCUT2D eigenvalue weighted by Crippen LogP contribution is 2.21. The van der Waals surface area contributed by atoms with Crippen molar-refractivity contribution in [2.24, 2.45) is 0 Å². The first kappa shape index (κ1) is 20.2. The second kappa shape index (κ2) is 8.99. The molecule has 0 bridgehead atoms. The molecule has 0 amide bonds. The van der Waals surface area contributed by atoms with Gasteiger partial charge in [0.1, 0.15) is 5.60 Å². The molecule has 142 valence electrons. The normalized spacial score (nSPS) is 11.8. The van der Waals surface area contributed by atoms with Gasteiger partial charge in [-0.1, -0.05) is 24.3 Å². The maximum atomic E-state index is 11.6. The van der Waals surface area contributed by atoms with E-state index in [2.05, 4.69) is 49.4 Å². The van der Waals surface area contributed by atoms with Gasteiger partial charge < -0.3 is 9.47 Å². The van der Waals surface area contributed by atoms with Gasteiger partial charge in [-0.05, 0) is 52.2 Å². The standard InChI is InChI=1S/C21H30N2O3/c1-16(2)23-15-19(14-22-23)18-8-6-7-17(13-18)9-11-25-12-10-20(24)26-21(3,4)5/h6-8,13-16H,9-12H2,1-5H3. The molecule has 0 atom stereocenters. The maximum Gasteiger partial charge on any atom is 0.308 e. The molecule has 2 rings (SSSR count). The molecule has 1 aromatic heterocycles. The van der Waals surface area contributed by atoms with E-state index >= 15 is 0 Å². The van der Waals surface area contributed by atoms with Crippen molar-refractivity contribution < 1.29 is 14.3 Å². The first-order chi connectivity index (χ1) is 12.2. The molecule has 0 saturated heterocycles. The Morgan fingerprint density at radius 3 is 2.62 bits per heavy atom. The van der Waals surface area contributed by atoms with Gasteiger partial charge in [-0.3, -0.25) is 9.48 Å². The summed E-state index contributed by atoms with van der Waals surface area (Å²) < 4.78 is 12.8. The Balaban J connectivity index is 1.79. The summed E-state index contributed by atoms with van der Waals surface area (Å²) in [5, 5.41) is 4.40. The summed E-state index contributed by atoms with van der Waals surface area (Å²) in [6.45, 7) is 10.8. The SMILES string of the molecule is CC(C)n1cc(-c2cccc(CCOCCC(=O)OC(C)(C)C)c2)cn1. The molecule has 0 spiro atoms. The summed E-state index contributed by atoms with van der Waals surface area (Å²) in [5.41, 5.74) is 3.03. The number of carbonyl (C=O) groups is 1. The lowest BCUT2D eigenvalue weighted by atomic mass is 10.0. The van der Waals surface area contributed by atoms with Crippen LogP contribution in [0.1, 0.15) is 52.6 Å². The monoisotopic (exact) mass is 358 g/mol. The smallest absolute Gasteiger partial charge is 0.308 e. The lowest BCUT2D eigenvalue weighted by molar-refractivity contribution is -0.156. The van der Waals surface area contributed by atoms with E-state index in [1.807, 2.05) is 31.6 Å². The minimum atomic E-state index is -0.444. The van der Waals surface area contributed by atoms with Gasteiger partial charge >= 0.3 is 5.97 Å². The fourth-order valence-electron chi connectivity index (χ4n) is 2.52. The van der Waals surface area contributed by atoms with Crippen molar-refractivity contribution in [1.29, 1.82) is 0 Å². The fraction of sp³-hybridized carbons (Fsp3) is 0.524. The minimum absolute atomic E-state index is 0.221. The predicted molar refractivity (Wildman–Crippen MR) is 103 cm³/mol. The van der Waals surface area contributed by atoms with Crippen LogP contribution < -0.4 is 0 Å². The number of rotatable bonds is 8. The molecule has 0 unspecified atom stereocenters. The molecule has 2 aromatic rings. The highest BCUT2D eigenvalue weighted by Gasteiger charge is 2.15. The largest absolute Gasteiger partial charge is 0.460 e. The quantitative estimate of drug-likeness (QED) is 0.518. The summed E-state index contributed by atoms with van der Waals surface area (Å²) in [4.78, 5) is 11.6. The summed E-state index contributed by atoms with van der Waals surface area (Å²) in [5.74, 6) is -0.221. The van der Waals surface area contributed by atoms with Crippen LogP contribution in [0.2, 0.25) is 0 Å². The topological polar surface area (TPSA) is 53.4 Å². The van der Waals surface area contributed by atoms with E-state index in [-0.39, 0.29) is 12.4 Å². The zero-order valence-electron chi connectivity index (χ0n) is 16.5. The van der Waals surface area contributed by atoms with Gasteiger partial charge in [0.2, 0.25) is 0 Å². The zero-order valence-corrected chi connectivity index (χ0v) is 16.5. The van der Waals surface area contributed by atoms with E-state index in [4.69, 9.17) is 9.47 Å². The first-order valence-corrected chi connectivity index (χ1v) is 9.17. The molecule has 0 aliphatic heterocycles. The van der Waals surface area contributed by atoms with Crippen LogP contribution in [0.15, 0.2) is 36.7 Å². The van der Waals surface area contributed by atoms with Crippen LogP contribution in [0, 0.1) is 0 Å². The van der Waals surface area contributed by atoms with Crippen LogP contribution in [-0.2, 0) is 20.7 Å². The minimum Gasteiger partial charge on any atom is -0.460 e. The second-order valence-electron chi connectivity index (χ2n) is 7.70. The third-order valence-electron chi connectivity index (χ3n) is 3.80. The maximum absolute atomic E-state index is 11.6. The Kier molecular flexibility index (Phi) is 6.98. The number of benzene rings is 1. The van der Waals surface area contributed by atoms with E-state index in [0.29, 0.717) is 19.3 Å². The van der Waals surface area contributed by atoms with E-state index in [9.17, 15) is 4.79 Å². The van der Waals surface area contributed by atoms with Crippen LogP contribution in [0.3, 0.4) is 0 Å². The molecule has 0 radical (unpaired) electrons. The lowest BCUT2D eigenvalue weighted by Gasteiger charge is -2.19. The van der Waals surface area contributed by atoms with Gasteiger partial charge in [0, 0.05) is 17.8 Å². The lowest BCUT2D eigenvalue weighted by Crippen LogP contribution is -2.24. The average molecular weight is 358 g/mol. The Bertz CT molecular complexity index is 714. The Morgan fingerprint density at radius 1 is 1.19 bits per heavy atom. The van der Waals surface area contributed by atoms with Crippen molar-refractivity contribution in [3.63, 3.8) is 0 Å². The number of hydrogen-bond donors (Lipinski definition) is 0. The van der Waals surface area contributed by atoms with E-state index in [1.165, 1.54) is 5.56 Å². The van der Waals surface area contributed by atoms with Gasteiger partial charge in [0.05, 0.1) is 25.8 Å². The molecule has 0 aliphatic rings. The molecule has 0 aliphatic carbocycles. The Hall–Kier alpha value is -2.14. The Morgan fingerprint density at radius 2 is 1.96 bits per heavy atom. The molecule has 0 fully saturated rings. The van der Waals surface area contributed by atoms with Crippen LogP contribution in [-0.4, -0.2) is 34.6 Å². The molecule has 0 saturated carbocycles. The first-order valence-electron chi connectivity index (χ1n) is 9.17. The van der Waals surface area contributed by atoms with Crippen molar-refractivity contribution in [2.75, 3.05) is 13.2 Å². The molecule has 26 heavy (non-hydrogen) atoms. The summed E-state index contributed by atoms with van der Waals surface area (Å²) in [7, 11) is 0. The molecule has 5 heteroatoms. The van der Waals surface area contributed by atoms with Crippen LogP contribution in [0.5, 0.6) is 0 Å². The molecule has 1 aromatic carbocycles. The molecule has 0 N–H and O–H groups in total. The molecule has 1 heterocycles. The average Bonchev–Trinajstić information content (AvgIpc) is 3.03. The summed E-state index contributed by atoms with van der Waals surface area (Å²) in [6, 6.07) is 8.75. The number of ether oxygens (including phenoxy) is 2. The van der Waals surface area contributed by atoms with Gasteiger partial charge in [0.15, 0.2) is 0 Å². The third kappa shape index (κ3) is 6.64. The third-order valence-corrected chi connectivity index (χ3v) is 3.80. The summed E-state index contributed by atoms with van der Waals surface area (Å²) in [6.07, 6.45) is 5.06. The highest BCUT2D eigenvalue weighted by atomic mass is 16.6. The van der Waals surface area contributed by atoms with Crippen molar-refractivity contribution in [1.82, 2.24) is 9.78 Å². The van der Waals surface area contributed by atoms with E-state index < -0.39 is 5.60 Å². The molecular formula is C21H30N2O3. The highest BCUT2D eigenvalue weighted by molar-refractivity contribution is 5.69. The van der Waals surface area contributed by atoms with Gasteiger partial charge in [-0.15, -0.1) is 0 Å². The van der Waals surface area contributed by atoms with Crippen LogP contribution >= 0.6 is 0 Å². The van der Waals surface area contributed by atoms with Crippen molar-refractivity contribution in [3.8, 4) is 11.1 Å². The second-order valence-corrected chi connectivity index (χ2v) is 7.70. The number of nitrogens with zero attached hydrogens (tertiary/aromatic N) is 2. The van der Waals surface area contributed by atoms with Crippen LogP contribution in [0.25, 0.3) is 11.1 Å². The molecule has 5 nitrogen and oxygen atoms in total. The van der Waals surface area contributed by atoms with Crippen molar-refractivity contribution in [2.45, 2.75) is 59.1 Å². The number of carbonyl (C=O) groups excluding carboxylic acids is 1. The van der Waals surface area contributed by atoms with E-state index in [0.717, 1.165) is 17.5 Å². The van der Waals surface area contributed by atoms with Gasteiger partial charge in [-0.25, -0.2) is 0 Å². The zero-order chi connectivity index (χ0) is 19.2. The Labute approximate surface area is 156 Å². The number of aromatic nitrogens is 2. The van der Waals surface area contributed by atoms with Gasteiger partial charge in [-0.2, -0.15) is 5.10 Å².